The molecule has 0 aromatic heterocycles. The van der Waals surface area contributed by atoms with E-state index in [1.165, 1.54) is 11.1 Å². The fourth-order valence-corrected chi connectivity index (χ4v) is 2.39. The van der Waals surface area contributed by atoms with Crippen molar-refractivity contribution in [1.29, 1.82) is 0 Å². The zero-order chi connectivity index (χ0) is 17.3. The van der Waals surface area contributed by atoms with Crippen molar-refractivity contribution < 1.29 is 4.74 Å². The second kappa shape index (κ2) is 8.69. The van der Waals surface area contributed by atoms with Gasteiger partial charge in [0, 0.05) is 0 Å². The highest BCUT2D eigenvalue weighted by atomic mass is 16.5. The number of hydrogen-bond acceptors (Lipinski definition) is 3. The van der Waals surface area contributed by atoms with E-state index in [0.717, 1.165) is 16.9 Å². The molecule has 3 aromatic carbocycles. The molecule has 3 heteroatoms. The summed E-state index contributed by atoms with van der Waals surface area (Å²) < 4.78 is 5.87. The van der Waals surface area contributed by atoms with Crippen molar-refractivity contribution in [2.24, 2.45) is 5.10 Å². The largest absolute Gasteiger partial charge is 0.489 e. The molecule has 3 nitrogen and oxygen atoms in total. The lowest BCUT2D eigenvalue weighted by molar-refractivity contribution is 0.306. The van der Waals surface area contributed by atoms with Crippen LogP contribution in [0.15, 0.2) is 84.0 Å². The van der Waals surface area contributed by atoms with Gasteiger partial charge in [0.2, 0.25) is 0 Å². The van der Waals surface area contributed by atoms with E-state index in [9.17, 15) is 0 Å². The predicted octanol–water partition coefficient (Wildman–Crippen LogP) is 4.70. The number of nitrogens with zero attached hydrogens (tertiary/aromatic N) is 1. The normalized spacial score (nSPS) is 10.8. The number of hydrazone groups is 1. The first-order chi connectivity index (χ1) is 12.3. The lowest BCUT2D eigenvalue weighted by atomic mass is 10.2. The fraction of sp³-hybridized carbons (Fsp3) is 0.136. The van der Waals surface area contributed by atoms with Crippen molar-refractivity contribution in [3.63, 3.8) is 0 Å². The standard InChI is InChI=1S/C22H22N2O/c1-18-10-12-20(13-11-18)17-25-22-9-5-8-21(14-22)16-24-23-15-19-6-3-2-4-7-19/h2-14,16,23H,15,17H2,1H3. The van der Waals surface area contributed by atoms with Gasteiger partial charge in [-0.25, -0.2) is 0 Å². The van der Waals surface area contributed by atoms with E-state index < -0.39 is 0 Å². The Labute approximate surface area is 149 Å². The van der Waals surface area contributed by atoms with Gasteiger partial charge < -0.3 is 10.2 Å². The third-order valence-electron chi connectivity index (χ3n) is 3.82. The Balaban J connectivity index is 1.52. The molecule has 0 heterocycles. The lowest BCUT2D eigenvalue weighted by Gasteiger charge is -2.07. The highest BCUT2D eigenvalue weighted by Gasteiger charge is 1.97. The summed E-state index contributed by atoms with van der Waals surface area (Å²) in [6.45, 7) is 3.35. The van der Waals surface area contributed by atoms with Gasteiger partial charge >= 0.3 is 0 Å². The molecule has 126 valence electrons. The maximum atomic E-state index is 5.87. The van der Waals surface area contributed by atoms with Gasteiger partial charge in [-0.3, -0.25) is 0 Å². The molecule has 25 heavy (non-hydrogen) atoms. The van der Waals surface area contributed by atoms with Crippen LogP contribution in [0.2, 0.25) is 0 Å². The van der Waals surface area contributed by atoms with Crippen molar-refractivity contribution in [3.05, 3.63) is 101 Å². The van der Waals surface area contributed by atoms with E-state index >= 15 is 0 Å². The molecule has 0 radical (unpaired) electrons. The Morgan fingerprint density at radius 2 is 1.68 bits per heavy atom. The average Bonchev–Trinajstić information content (AvgIpc) is 2.66. The van der Waals surface area contributed by atoms with Gasteiger partial charge in [-0.05, 0) is 35.7 Å². The Hall–Kier alpha value is -3.07. The molecule has 3 aromatic rings. The maximum absolute atomic E-state index is 5.87. The van der Waals surface area contributed by atoms with E-state index in [0.29, 0.717) is 13.2 Å². The van der Waals surface area contributed by atoms with Crippen LogP contribution in [0, 0.1) is 6.92 Å². The molecule has 0 aliphatic carbocycles. The molecular formula is C22H22N2O. The Morgan fingerprint density at radius 3 is 2.48 bits per heavy atom. The van der Waals surface area contributed by atoms with Crippen LogP contribution in [0.4, 0.5) is 0 Å². The Bertz CT molecular complexity index is 811. The average molecular weight is 330 g/mol. The van der Waals surface area contributed by atoms with Crippen molar-refractivity contribution in [2.45, 2.75) is 20.1 Å². The summed E-state index contributed by atoms with van der Waals surface area (Å²) in [6, 6.07) is 26.5. The lowest BCUT2D eigenvalue weighted by Crippen LogP contribution is -2.05. The minimum absolute atomic E-state index is 0.563. The van der Waals surface area contributed by atoms with Gasteiger partial charge in [-0.15, -0.1) is 0 Å². The van der Waals surface area contributed by atoms with E-state index in [1.54, 1.807) is 0 Å². The first kappa shape index (κ1) is 16.8. The van der Waals surface area contributed by atoms with Gasteiger partial charge in [0.15, 0.2) is 0 Å². The van der Waals surface area contributed by atoms with E-state index in [2.05, 4.69) is 53.8 Å². The molecule has 0 bridgehead atoms. The predicted molar refractivity (Wildman–Crippen MR) is 103 cm³/mol. The number of nitrogens with one attached hydrogen (secondary N) is 1. The zero-order valence-electron chi connectivity index (χ0n) is 14.4. The number of ether oxygens (including phenoxy) is 1. The molecule has 0 aliphatic heterocycles. The van der Waals surface area contributed by atoms with E-state index in [1.807, 2.05) is 48.7 Å². The van der Waals surface area contributed by atoms with Gasteiger partial charge in [-0.2, -0.15) is 5.10 Å². The van der Waals surface area contributed by atoms with Crippen LogP contribution in [0.25, 0.3) is 0 Å². The van der Waals surface area contributed by atoms with Gasteiger partial charge in [0.05, 0.1) is 12.8 Å². The minimum Gasteiger partial charge on any atom is -0.489 e. The van der Waals surface area contributed by atoms with Crippen molar-refractivity contribution in [1.82, 2.24) is 5.43 Å². The molecule has 0 amide bonds. The second-order valence-corrected chi connectivity index (χ2v) is 5.93. The molecule has 0 saturated heterocycles. The van der Waals surface area contributed by atoms with Crippen LogP contribution in [0.1, 0.15) is 22.3 Å². The third-order valence-corrected chi connectivity index (χ3v) is 3.82. The van der Waals surface area contributed by atoms with E-state index in [-0.39, 0.29) is 0 Å². The van der Waals surface area contributed by atoms with Crippen molar-refractivity contribution in [2.75, 3.05) is 0 Å². The first-order valence-electron chi connectivity index (χ1n) is 8.38. The quantitative estimate of drug-likeness (QED) is 0.503. The smallest absolute Gasteiger partial charge is 0.120 e. The summed E-state index contributed by atoms with van der Waals surface area (Å²) in [6.07, 6.45) is 1.81. The van der Waals surface area contributed by atoms with Crippen molar-refractivity contribution in [3.8, 4) is 5.75 Å². The summed E-state index contributed by atoms with van der Waals surface area (Å²) >= 11 is 0. The van der Waals surface area contributed by atoms with E-state index in [4.69, 9.17) is 4.74 Å². The maximum Gasteiger partial charge on any atom is 0.120 e. The monoisotopic (exact) mass is 330 g/mol. The summed E-state index contributed by atoms with van der Waals surface area (Å²) in [4.78, 5) is 0. The SMILES string of the molecule is Cc1ccc(COc2cccc(C=NNCc3ccccc3)c2)cc1. The summed E-state index contributed by atoms with van der Waals surface area (Å²) in [7, 11) is 0. The van der Waals surface area contributed by atoms with Crippen LogP contribution in [0.3, 0.4) is 0 Å². The first-order valence-corrected chi connectivity index (χ1v) is 8.38. The Morgan fingerprint density at radius 1 is 0.880 bits per heavy atom. The molecule has 1 N–H and O–H groups in total. The summed E-state index contributed by atoms with van der Waals surface area (Å²) in [5.41, 5.74) is 7.68. The van der Waals surface area contributed by atoms with Crippen LogP contribution in [0.5, 0.6) is 5.75 Å². The highest BCUT2D eigenvalue weighted by Crippen LogP contribution is 2.14. The van der Waals surface area contributed by atoms with Gasteiger partial charge in [0.1, 0.15) is 12.4 Å². The molecule has 0 atom stereocenters. The highest BCUT2D eigenvalue weighted by molar-refractivity contribution is 5.79. The number of aryl methyl sites for hydroxylation is 1. The third kappa shape index (κ3) is 5.50. The van der Waals surface area contributed by atoms with Crippen LogP contribution in [-0.2, 0) is 13.2 Å². The number of rotatable bonds is 7. The fourth-order valence-electron chi connectivity index (χ4n) is 2.39. The number of benzene rings is 3. The van der Waals surface area contributed by atoms with Gasteiger partial charge in [-0.1, -0.05) is 72.3 Å². The van der Waals surface area contributed by atoms with Crippen LogP contribution >= 0.6 is 0 Å². The van der Waals surface area contributed by atoms with Crippen molar-refractivity contribution >= 4 is 6.21 Å². The Kier molecular flexibility index (Phi) is 5.83. The molecule has 0 unspecified atom stereocenters. The van der Waals surface area contributed by atoms with Crippen LogP contribution < -0.4 is 10.2 Å². The zero-order valence-corrected chi connectivity index (χ0v) is 14.4. The second-order valence-electron chi connectivity index (χ2n) is 5.93. The summed E-state index contributed by atoms with van der Waals surface area (Å²) in [5, 5.41) is 4.28. The minimum atomic E-state index is 0.563. The molecular weight excluding hydrogens is 308 g/mol. The van der Waals surface area contributed by atoms with Crippen LogP contribution in [-0.4, -0.2) is 6.21 Å². The molecule has 0 saturated carbocycles. The summed E-state index contributed by atoms with van der Waals surface area (Å²) in [5.74, 6) is 0.840. The molecule has 0 spiro atoms. The molecule has 3 rings (SSSR count). The number of hydrogen-bond donors (Lipinski definition) is 1. The van der Waals surface area contributed by atoms with Gasteiger partial charge in [0.25, 0.3) is 0 Å². The topological polar surface area (TPSA) is 33.6 Å². The molecule has 0 aliphatic rings. The molecule has 0 fully saturated rings.